The third kappa shape index (κ3) is 4.37. The molecule has 0 spiro atoms. The summed E-state index contributed by atoms with van der Waals surface area (Å²) in [7, 11) is -3.76. The van der Waals surface area contributed by atoms with Crippen LogP contribution in [-0.4, -0.2) is 19.6 Å². The van der Waals surface area contributed by atoms with Crippen molar-refractivity contribution in [2.45, 2.75) is 49.6 Å². The Kier molecular flexibility index (Phi) is 5.30. The Hall–Kier alpha value is -1.61. The number of hydrogen-bond acceptors (Lipinski definition) is 4. The summed E-state index contributed by atoms with van der Waals surface area (Å²) in [5.41, 5.74) is 1.47. The van der Waals surface area contributed by atoms with Crippen molar-refractivity contribution in [3.05, 3.63) is 40.9 Å². The fraction of sp³-hybridized carbons (Fsp3) is 0.471. The fourth-order valence-corrected chi connectivity index (χ4v) is 5.21. The monoisotopic (exact) mass is 404 g/mol. The highest BCUT2D eigenvalue weighted by molar-refractivity contribution is 7.93. The van der Waals surface area contributed by atoms with E-state index in [0.29, 0.717) is 18.5 Å². The Balaban J connectivity index is 1.72. The Bertz CT molecular complexity index is 861. The van der Waals surface area contributed by atoms with Gasteiger partial charge in [-0.25, -0.2) is 13.4 Å². The third-order valence-corrected chi connectivity index (χ3v) is 6.89. The maximum Gasteiger partial charge on any atom is 0.391 e. The van der Waals surface area contributed by atoms with Crippen LogP contribution in [0.3, 0.4) is 0 Å². The second-order valence-corrected chi connectivity index (χ2v) is 9.14. The van der Waals surface area contributed by atoms with Crippen LogP contribution in [0.25, 0.3) is 0 Å². The SMILES string of the molecule is Cc1ccc(S(=O)(=O)Nc2nc(C3CCCC(C(F)(F)F)C3)cs2)cc1. The molecular formula is C17H19F3N2O2S2. The topological polar surface area (TPSA) is 59.1 Å². The highest BCUT2D eigenvalue weighted by Gasteiger charge is 2.42. The maximum atomic E-state index is 13.0. The van der Waals surface area contributed by atoms with Crippen LogP contribution in [0.4, 0.5) is 18.3 Å². The van der Waals surface area contributed by atoms with Crippen LogP contribution in [0.5, 0.6) is 0 Å². The van der Waals surface area contributed by atoms with Crippen molar-refractivity contribution in [3.63, 3.8) is 0 Å². The molecule has 0 radical (unpaired) electrons. The van der Waals surface area contributed by atoms with E-state index in [-0.39, 0.29) is 28.8 Å². The molecule has 0 aliphatic heterocycles. The van der Waals surface area contributed by atoms with Gasteiger partial charge in [-0.3, -0.25) is 4.72 Å². The number of aryl methyl sites for hydroxylation is 1. The van der Waals surface area contributed by atoms with E-state index < -0.39 is 22.1 Å². The molecule has 1 N–H and O–H groups in total. The standard InChI is InChI=1S/C17H19F3N2O2S2/c1-11-5-7-14(8-6-11)26(23,24)22-16-21-15(10-25-16)12-3-2-4-13(9-12)17(18,19)20/h5-8,10,12-13H,2-4,9H2,1H3,(H,21,22). The van der Waals surface area contributed by atoms with Crippen molar-refractivity contribution in [2.24, 2.45) is 5.92 Å². The summed E-state index contributed by atoms with van der Waals surface area (Å²) in [5, 5.41) is 1.82. The zero-order chi connectivity index (χ0) is 18.9. The van der Waals surface area contributed by atoms with Gasteiger partial charge in [-0.05, 0) is 38.3 Å². The summed E-state index contributed by atoms with van der Waals surface area (Å²) in [6.07, 6.45) is -2.89. The van der Waals surface area contributed by atoms with Crippen molar-refractivity contribution < 1.29 is 21.6 Å². The van der Waals surface area contributed by atoms with Crippen LogP contribution in [0.1, 0.15) is 42.9 Å². The Morgan fingerprint density at radius 1 is 1.19 bits per heavy atom. The first-order valence-corrected chi connectivity index (χ1v) is 10.6. The quantitative estimate of drug-likeness (QED) is 0.772. The number of nitrogens with one attached hydrogen (secondary N) is 1. The normalized spacial score (nSPS) is 21.5. The van der Waals surface area contributed by atoms with E-state index in [9.17, 15) is 21.6 Å². The number of thiazole rings is 1. The van der Waals surface area contributed by atoms with Crippen LogP contribution in [0.15, 0.2) is 34.5 Å². The zero-order valence-corrected chi connectivity index (χ0v) is 15.7. The van der Waals surface area contributed by atoms with E-state index in [2.05, 4.69) is 9.71 Å². The molecule has 142 valence electrons. The summed E-state index contributed by atoms with van der Waals surface area (Å²) in [4.78, 5) is 4.36. The van der Waals surface area contributed by atoms with Crippen molar-refractivity contribution in [1.29, 1.82) is 0 Å². The second kappa shape index (κ2) is 7.19. The Morgan fingerprint density at radius 3 is 2.54 bits per heavy atom. The number of hydrogen-bond donors (Lipinski definition) is 1. The summed E-state index contributed by atoms with van der Waals surface area (Å²) in [6, 6.07) is 6.39. The predicted octanol–water partition coefficient (Wildman–Crippen LogP) is 5.09. The Morgan fingerprint density at radius 2 is 1.88 bits per heavy atom. The fourth-order valence-electron chi connectivity index (χ4n) is 3.17. The van der Waals surface area contributed by atoms with Gasteiger partial charge in [-0.15, -0.1) is 11.3 Å². The van der Waals surface area contributed by atoms with Gasteiger partial charge in [0.05, 0.1) is 16.5 Å². The van der Waals surface area contributed by atoms with E-state index in [4.69, 9.17) is 0 Å². The van der Waals surface area contributed by atoms with Crippen LogP contribution in [0.2, 0.25) is 0 Å². The minimum atomic E-state index is -4.19. The van der Waals surface area contributed by atoms with Gasteiger partial charge in [-0.2, -0.15) is 13.2 Å². The van der Waals surface area contributed by atoms with E-state index in [1.807, 2.05) is 6.92 Å². The van der Waals surface area contributed by atoms with Crippen molar-refractivity contribution in [2.75, 3.05) is 4.72 Å². The lowest BCUT2D eigenvalue weighted by molar-refractivity contribution is -0.183. The lowest BCUT2D eigenvalue weighted by Gasteiger charge is -2.29. The zero-order valence-electron chi connectivity index (χ0n) is 14.1. The van der Waals surface area contributed by atoms with Crippen LogP contribution in [-0.2, 0) is 10.0 Å². The molecule has 1 fully saturated rings. The first-order valence-electron chi connectivity index (χ1n) is 8.27. The lowest BCUT2D eigenvalue weighted by atomic mass is 9.80. The lowest BCUT2D eigenvalue weighted by Crippen LogP contribution is -2.28. The van der Waals surface area contributed by atoms with Crippen LogP contribution < -0.4 is 4.72 Å². The molecule has 9 heteroatoms. The highest BCUT2D eigenvalue weighted by Crippen LogP contribution is 2.44. The molecule has 1 aliphatic carbocycles. The van der Waals surface area contributed by atoms with Gasteiger partial charge in [0.25, 0.3) is 10.0 Å². The number of aromatic nitrogens is 1. The molecule has 2 atom stereocenters. The number of halogens is 3. The smallest absolute Gasteiger partial charge is 0.255 e. The molecule has 0 saturated heterocycles. The summed E-state index contributed by atoms with van der Waals surface area (Å²) in [6.45, 7) is 1.86. The summed E-state index contributed by atoms with van der Waals surface area (Å²) in [5.74, 6) is -1.60. The maximum absolute atomic E-state index is 13.0. The molecule has 2 unspecified atom stereocenters. The van der Waals surface area contributed by atoms with Crippen molar-refractivity contribution in [1.82, 2.24) is 4.98 Å². The molecule has 0 bridgehead atoms. The molecule has 0 amide bonds. The van der Waals surface area contributed by atoms with Gasteiger partial charge in [0, 0.05) is 11.3 Å². The summed E-state index contributed by atoms with van der Waals surface area (Å²) < 4.78 is 66.1. The van der Waals surface area contributed by atoms with E-state index in [0.717, 1.165) is 16.9 Å². The van der Waals surface area contributed by atoms with Crippen LogP contribution >= 0.6 is 11.3 Å². The molecule has 1 heterocycles. The average molecular weight is 404 g/mol. The van der Waals surface area contributed by atoms with E-state index in [1.165, 1.54) is 12.1 Å². The first-order chi connectivity index (χ1) is 12.1. The summed E-state index contributed by atoms with van der Waals surface area (Å²) >= 11 is 1.09. The average Bonchev–Trinajstić information content (AvgIpc) is 3.02. The number of sulfonamides is 1. The minimum Gasteiger partial charge on any atom is -0.255 e. The molecular weight excluding hydrogens is 385 g/mol. The molecule has 1 aromatic carbocycles. The van der Waals surface area contributed by atoms with Gasteiger partial charge in [0.1, 0.15) is 0 Å². The molecule has 1 aliphatic rings. The van der Waals surface area contributed by atoms with E-state index in [1.54, 1.807) is 17.5 Å². The molecule has 2 aromatic rings. The number of benzene rings is 1. The number of rotatable bonds is 4. The van der Waals surface area contributed by atoms with Crippen LogP contribution in [0, 0.1) is 12.8 Å². The second-order valence-electron chi connectivity index (χ2n) is 6.60. The van der Waals surface area contributed by atoms with Gasteiger partial charge < -0.3 is 0 Å². The molecule has 3 rings (SSSR count). The largest absolute Gasteiger partial charge is 0.391 e. The highest BCUT2D eigenvalue weighted by atomic mass is 32.2. The molecule has 1 saturated carbocycles. The third-order valence-electron chi connectivity index (χ3n) is 4.63. The number of anilines is 1. The minimum absolute atomic E-state index is 0.0113. The molecule has 4 nitrogen and oxygen atoms in total. The van der Waals surface area contributed by atoms with Gasteiger partial charge in [0.15, 0.2) is 5.13 Å². The van der Waals surface area contributed by atoms with Gasteiger partial charge in [0.2, 0.25) is 0 Å². The predicted molar refractivity (Wildman–Crippen MR) is 94.9 cm³/mol. The van der Waals surface area contributed by atoms with Gasteiger partial charge >= 0.3 is 6.18 Å². The van der Waals surface area contributed by atoms with Crippen molar-refractivity contribution in [3.8, 4) is 0 Å². The number of nitrogens with zero attached hydrogens (tertiary/aromatic N) is 1. The number of alkyl halides is 3. The Labute approximate surface area is 154 Å². The first kappa shape index (κ1) is 19.2. The van der Waals surface area contributed by atoms with Gasteiger partial charge in [-0.1, -0.05) is 24.1 Å². The molecule has 1 aromatic heterocycles. The van der Waals surface area contributed by atoms with Crippen molar-refractivity contribution >= 4 is 26.5 Å². The molecule has 26 heavy (non-hydrogen) atoms. The van der Waals surface area contributed by atoms with E-state index >= 15 is 0 Å².